The van der Waals surface area contributed by atoms with Crippen molar-refractivity contribution in [3.8, 4) is 5.75 Å². The molecule has 0 bridgehead atoms. The smallest absolute Gasteiger partial charge is 0.363 e. The molecule has 4 rings (SSSR count). The molecule has 1 aliphatic rings. The zero-order valence-electron chi connectivity index (χ0n) is 14.3. The molecule has 3 aromatic rings. The summed E-state index contributed by atoms with van der Waals surface area (Å²) in [5.74, 6) is -0.373. The van der Waals surface area contributed by atoms with Crippen molar-refractivity contribution in [3.05, 3.63) is 94.0 Å². The average Bonchev–Trinajstić information content (AvgIpc) is 3.34. The maximum absolute atomic E-state index is 12.4. The van der Waals surface area contributed by atoms with Gasteiger partial charge in [-0.1, -0.05) is 34.1 Å². The Morgan fingerprint density at radius 2 is 1.82 bits per heavy atom. The van der Waals surface area contributed by atoms with Gasteiger partial charge in [-0.2, -0.15) is 0 Å². The van der Waals surface area contributed by atoms with Gasteiger partial charge in [0.15, 0.2) is 11.5 Å². The molecule has 0 saturated heterocycles. The third kappa shape index (κ3) is 3.79. The molecule has 0 aliphatic carbocycles. The van der Waals surface area contributed by atoms with E-state index in [4.69, 9.17) is 13.9 Å². The predicted molar refractivity (Wildman–Crippen MR) is 105 cm³/mol. The van der Waals surface area contributed by atoms with Crippen molar-refractivity contribution in [2.45, 2.75) is 0 Å². The first kappa shape index (κ1) is 17.9. The fourth-order valence-corrected chi connectivity index (χ4v) is 2.76. The second-order valence-corrected chi connectivity index (χ2v) is 6.66. The van der Waals surface area contributed by atoms with Gasteiger partial charge in [0.05, 0.1) is 11.8 Å². The molecule has 6 nitrogen and oxygen atoms in total. The van der Waals surface area contributed by atoms with Crippen LogP contribution in [0.2, 0.25) is 0 Å². The second kappa shape index (κ2) is 7.66. The number of hydrogen-bond donors (Lipinski definition) is 0. The van der Waals surface area contributed by atoms with E-state index in [-0.39, 0.29) is 11.6 Å². The summed E-state index contributed by atoms with van der Waals surface area (Å²) in [6.07, 6.45) is 2.97. The van der Waals surface area contributed by atoms with E-state index in [0.717, 1.165) is 4.47 Å². The van der Waals surface area contributed by atoms with Crippen LogP contribution >= 0.6 is 15.9 Å². The number of halogens is 1. The highest BCUT2D eigenvalue weighted by Crippen LogP contribution is 2.25. The molecule has 28 heavy (non-hydrogen) atoms. The number of carbonyl (C=O) groups is 2. The maximum atomic E-state index is 12.4. The first-order chi connectivity index (χ1) is 13.6. The Bertz CT molecular complexity index is 1100. The predicted octanol–water partition coefficient (Wildman–Crippen LogP) is 4.61. The Labute approximate surface area is 168 Å². The van der Waals surface area contributed by atoms with Gasteiger partial charge in [-0.25, -0.2) is 14.6 Å². The summed E-state index contributed by atoms with van der Waals surface area (Å²) in [6, 6.07) is 17.0. The lowest BCUT2D eigenvalue weighted by atomic mass is 10.1. The van der Waals surface area contributed by atoms with Crippen LogP contribution in [0.5, 0.6) is 5.75 Å². The first-order valence-corrected chi connectivity index (χ1v) is 9.03. The summed E-state index contributed by atoms with van der Waals surface area (Å²) >= 11 is 3.32. The van der Waals surface area contributed by atoms with Crippen molar-refractivity contribution in [2.75, 3.05) is 0 Å². The van der Waals surface area contributed by atoms with Crippen molar-refractivity contribution in [1.29, 1.82) is 0 Å². The standard InChI is InChI=1S/C21H12BrNO5/c22-15-9-7-13(8-10-15)20(24)27-17-5-2-1-4-14(17)12-16-21(25)28-19(23-16)18-6-3-11-26-18/h1-12H. The lowest BCUT2D eigenvalue weighted by molar-refractivity contribution is -0.130. The molecule has 0 amide bonds. The molecule has 2 aromatic carbocycles. The summed E-state index contributed by atoms with van der Waals surface area (Å²) in [5.41, 5.74) is 1.01. The molecule has 0 unspecified atom stereocenters. The number of esters is 2. The normalized spacial score (nSPS) is 14.7. The molecule has 2 heterocycles. The highest BCUT2D eigenvalue weighted by molar-refractivity contribution is 9.10. The fraction of sp³-hybridized carbons (Fsp3) is 0. The number of furan rings is 1. The van der Waals surface area contributed by atoms with Crippen LogP contribution in [0.3, 0.4) is 0 Å². The Hall–Kier alpha value is -3.45. The van der Waals surface area contributed by atoms with E-state index < -0.39 is 11.9 Å². The number of ether oxygens (including phenoxy) is 2. The van der Waals surface area contributed by atoms with Crippen LogP contribution in [-0.2, 0) is 9.53 Å². The molecule has 1 aromatic heterocycles. The summed E-state index contributed by atoms with van der Waals surface area (Å²) in [7, 11) is 0. The topological polar surface area (TPSA) is 78.1 Å². The number of aliphatic imine (C=N–C) groups is 1. The summed E-state index contributed by atoms with van der Waals surface area (Å²) in [5, 5.41) is 0. The number of benzene rings is 2. The van der Waals surface area contributed by atoms with Crippen LogP contribution in [0.25, 0.3) is 6.08 Å². The summed E-state index contributed by atoms with van der Waals surface area (Å²) in [4.78, 5) is 28.7. The van der Waals surface area contributed by atoms with E-state index in [1.807, 2.05) is 0 Å². The van der Waals surface area contributed by atoms with Crippen molar-refractivity contribution < 1.29 is 23.5 Å². The molecular formula is C21H12BrNO5. The minimum absolute atomic E-state index is 0.0820. The SMILES string of the molecule is O=C1OC(c2ccco2)=NC1=Cc1ccccc1OC(=O)c1ccc(Br)cc1. The molecule has 0 N–H and O–H groups in total. The van der Waals surface area contributed by atoms with Crippen molar-refractivity contribution in [2.24, 2.45) is 4.99 Å². The summed E-state index contributed by atoms with van der Waals surface area (Å²) in [6.45, 7) is 0. The number of rotatable bonds is 4. The number of carbonyl (C=O) groups excluding carboxylic acids is 2. The van der Waals surface area contributed by atoms with E-state index >= 15 is 0 Å². The van der Waals surface area contributed by atoms with Crippen LogP contribution in [-0.4, -0.2) is 17.8 Å². The Kier molecular flexibility index (Phi) is 4.90. The third-order valence-corrected chi connectivity index (χ3v) is 4.37. The average molecular weight is 438 g/mol. The molecule has 7 heteroatoms. The highest BCUT2D eigenvalue weighted by Gasteiger charge is 2.26. The Morgan fingerprint density at radius 3 is 2.57 bits per heavy atom. The fourth-order valence-electron chi connectivity index (χ4n) is 2.50. The molecular weight excluding hydrogens is 426 g/mol. The van der Waals surface area contributed by atoms with Gasteiger partial charge in [0.2, 0.25) is 0 Å². The van der Waals surface area contributed by atoms with Crippen LogP contribution in [0.1, 0.15) is 21.7 Å². The van der Waals surface area contributed by atoms with Gasteiger partial charge in [0.1, 0.15) is 5.75 Å². The largest absolute Gasteiger partial charge is 0.459 e. The third-order valence-electron chi connectivity index (χ3n) is 3.85. The second-order valence-electron chi connectivity index (χ2n) is 5.75. The van der Waals surface area contributed by atoms with Crippen LogP contribution < -0.4 is 4.74 Å². The molecule has 0 radical (unpaired) electrons. The van der Waals surface area contributed by atoms with Gasteiger partial charge >= 0.3 is 11.9 Å². The number of cyclic esters (lactones) is 1. The van der Waals surface area contributed by atoms with Gasteiger partial charge in [0, 0.05) is 10.0 Å². The molecule has 0 spiro atoms. The minimum Gasteiger partial charge on any atom is -0.459 e. The van der Waals surface area contributed by atoms with Crippen LogP contribution in [0.15, 0.2) is 86.5 Å². The molecule has 1 aliphatic heterocycles. The molecule has 0 saturated carbocycles. The minimum atomic E-state index is -0.611. The zero-order valence-corrected chi connectivity index (χ0v) is 15.9. The first-order valence-electron chi connectivity index (χ1n) is 8.23. The number of hydrogen-bond acceptors (Lipinski definition) is 6. The Balaban J connectivity index is 1.61. The molecule has 138 valence electrons. The molecule has 0 atom stereocenters. The van der Waals surface area contributed by atoms with E-state index in [9.17, 15) is 9.59 Å². The summed E-state index contributed by atoms with van der Waals surface area (Å²) < 4.78 is 16.7. The van der Waals surface area contributed by atoms with E-state index in [0.29, 0.717) is 22.6 Å². The van der Waals surface area contributed by atoms with Gasteiger partial charge < -0.3 is 13.9 Å². The van der Waals surface area contributed by atoms with Gasteiger partial charge in [-0.15, -0.1) is 0 Å². The quantitative estimate of drug-likeness (QED) is 0.338. The maximum Gasteiger partial charge on any atom is 0.363 e. The van der Waals surface area contributed by atoms with Crippen LogP contribution in [0, 0.1) is 0 Å². The molecule has 0 fully saturated rings. The van der Waals surface area contributed by atoms with Gasteiger partial charge in [-0.3, -0.25) is 0 Å². The number of para-hydroxylation sites is 1. The number of nitrogens with zero attached hydrogens (tertiary/aromatic N) is 1. The van der Waals surface area contributed by atoms with Crippen molar-refractivity contribution >= 4 is 39.8 Å². The van der Waals surface area contributed by atoms with E-state index in [2.05, 4.69) is 20.9 Å². The lowest BCUT2D eigenvalue weighted by Gasteiger charge is -2.07. The van der Waals surface area contributed by atoms with E-state index in [1.165, 1.54) is 12.3 Å². The lowest BCUT2D eigenvalue weighted by Crippen LogP contribution is -2.09. The van der Waals surface area contributed by atoms with Crippen molar-refractivity contribution in [3.63, 3.8) is 0 Å². The van der Waals surface area contributed by atoms with Gasteiger partial charge in [-0.05, 0) is 48.5 Å². The monoisotopic (exact) mass is 437 g/mol. The van der Waals surface area contributed by atoms with Crippen LogP contribution in [0.4, 0.5) is 0 Å². The van der Waals surface area contributed by atoms with Gasteiger partial charge in [0.25, 0.3) is 5.90 Å². The Morgan fingerprint density at radius 1 is 1.04 bits per heavy atom. The van der Waals surface area contributed by atoms with Crippen molar-refractivity contribution in [1.82, 2.24) is 0 Å². The van der Waals surface area contributed by atoms with E-state index in [1.54, 1.807) is 60.7 Å². The zero-order chi connectivity index (χ0) is 19.5. The highest BCUT2D eigenvalue weighted by atomic mass is 79.9.